The van der Waals surface area contributed by atoms with Crippen molar-refractivity contribution in [2.45, 2.75) is 31.6 Å². The summed E-state index contributed by atoms with van der Waals surface area (Å²) in [4.78, 5) is 13.7. The van der Waals surface area contributed by atoms with Crippen molar-refractivity contribution >= 4 is 44.8 Å². The molecular weight excluding hydrogens is 584 g/mol. The van der Waals surface area contributed by atoms with Gasteiger partial charge in [0.05, 0.1) is 22.7 Å². The van der Waals surface area contributed by atoms with Crippen molar-refractivity contribution in [3.8, 4) is 22.9 Å². The Balaban J connectivity index is 0.00000368. The van der Waals surface area contributed by atoms with Crippen LogP contribution in [0, 0.1) is 6.92 Å². The van der Waals surface area contributed by atoms with Crippen LogP contribution >= 0.6 is 12.4 Å². The van der Waals surface area contributed by atoms with E-state index in [0.29, 0.717) is 34.5 Å². The van der Waals surface area contributed by atoms with Gasteiger partial charge in [0.15, 0.2) is 0 Å². The molecule has 0 bridgehead atoms. The normalized spacial score (nSPS) is 15.0. The maximum atomic E-state index is 13.1. The lowest BCUT2D eigenvalue weighted by molar-refractivity contribution is 0.466. The first-order valence-corrected chi connectivity index (χ1v) is 15.6. The second-order valence-corrected chi connectivity index (χ2v) is 12.1. The van der Waals surface area contributed by atoms with E-state index < -0.39 is 10.0 Å². The van der Waals surface area contributed by atoms with Crippen LogP contribution in [0.25, 0.3) is 22.0 Å². The standard InChI is InChI=1S/C32H32N6O3S.ClH/c1-22-19-29(38-42(39,40)21-23-9-3-2-4-10-23)25-12-5-6-13-26(25)30(22)41-31-27(14-8-17-34-31)28-15-18-35-32(37-28)36-24-11-7-16-33-20-24;/h2-6,8-10,12-15,17-19,24,33,38H,7,11,16,20-21H2,1H3,(H,35,36,37);1H/t24-;/m0./s1. The average molecular weight is 617 g/mol. The highest BCUT2D eigenvalue weighted by Crippen LogP contribution is 2.40. The lowest BCUT2D eigenvalue weighted by Crippen LogP contribution is -2.38. The van der Waals surface area contributed by atoms with E-state index in [1.165, 1.54) is 0 Å². The summed E-state index contributed by atoms with van der Waals surface area (Å²) in [7, 11) is -3.65. The number of pyridine rings is 1. The lowest BCUT2D eigenvalue weighted by atomic mass is 10.0. The van der Waals surface area contributed by atoms with Gasteiger partial charge in [-0.05, 0) is 61.7 Å². The van der Waals surface area contributed by atoms with Crippen LogP contribution in [0.3, 0.4) is 0 Å². The fourth-order valence-corrected chi connectivity index (χ4v) is 6.41. The summed E-state index contributed by atoms with van der Waals surface area (Å²) in [6.07, 6.45) is 5.58. The Morgan fingerprint density at radius 1 is 0.953 bits per heavy atom. The van der Waals surface area contributed by atoms with Crippen molar-refractivity contribution in [3.05, 3.63) is 102 Å². The molecule has 1 saturated heterocycles. The molecule has 5 aromatic rings. The Morgan fingerprint density at radius 2 is 1.74 bits per heavy atom. The summed E-state index contributed by atoms with van der Waals surface area (Å²) in [5.41, 5.74) is 3.38. The number of nitrogens with one attached hydrogen (secondary N) is 3. The highest BCUT2D eigenvalue weighted by molar-refractivity contribution is 7.91. The zero-order valence-corrected chi connectivity index (χ0v) is 25.3. The molecule has 43 heavy (non-hydrogen) atoms. The topological polar surface area (TPSA) is 118 Å². The minimum Gasteiger partial charge on any atom is -0.437 e. The summed E-state index contributed by atoms with van der Waals surface area (Å²) < 4.78 is 35.5. The number of hydrogen-bond donors (Lipinski definition) is 3. The van der Waals surface area contributed by atoms with E-state index in [2.05, 4.69) is 25.3 Å². The fourth-order valence-electron chi connectivity index (χ4n) is 5.20. The number of ether oxygens (including phenoxy) is 1. The molecule has 0 unspecified atom stereocenters. The lowest BCUT2D eigenvalue weighted by Gasteiger charge is -2.23. The van der Waals surface area contributed by atoms with Gasteiger partial charge in [0.2, 0.25) is 21.9 Å². The zero-order chi connectivity index (χ0) is 28.9. The number of anilines is 2. The van der Waals surface area contributed by atoms with E-state index in [0.717, 1.165) is 47.8 Å². The predicted molar refractivity (Wildman–Crippen MR) is 173 cm³/mol. The summed E-state index contributed by atoms with van der Waals surface area (Å²) in [6, 6.07) is 24.4. The van der Waals surface area contributed by atoms with Crippen molar-refractivity contribution in [3.63, 3.8) is 0 Å². The molecule has 1 fully saturated rings. The fraction of sp³-hybridized carbons (Fsp3) is 0.219. The molecule has 0 radical (unpaired) electrons. The number of piperidine rings is 1. The molecule has 3 N–H and O–H groups in total. The molecule has 3 heterocycles. The molecule has 0 aliphatic carbocycles. The number of halogens is 1. The third-order valence-corrected chi connectivity index (χ3v) is 8.42. The van der Waals surface area contributed by atoms with Gasteiger partial charge in [-0.3, -0.25) is 4.72 Å². The summed E-state index contributed by atoms with van der Waals surface area (Å²) in [5, 5.41) is 8.32. The van der Waals surface area contributed by atoms with E-state index in [1.807, 2.05) is 67.6 Å². The number of fused-ring (bicyclic) bond motifs is 1. The quantitative estimate of drug-likeness (QED) is 0.176. The van der Waals surface area contributed by atoms with Crippen LogP contribution in [-0.4, -0.2) is 42.5 Å². The Bertz CT molecular complexity index is 1820. The molecule has 11 heteroatoms. The van der Waals surface area contributed by atoms with E-state index in [4.69, 9.17) is 9.72 Å². The third kappa shape index (κ3) is 7.22. The number of aryl methyl sites for hydroxylation is 1. The Morgan fingerprint density at radius 3 is 2.53 bits per heavy atom. The second-order valence-electron chi connectivity index (χ2n) is 10.4. The van der Waals surface area contributed by atoms with E-state index in [-0.39, 0.29) is 24.2 Å². The Labute approximate surface area is 257 Å². The number of nitrogens with zero attached hydrogens (tertiary/aromatic N) is 3. The van der Waals surface area contributed by atoms with Gasteiger partial charge in [-0.1, -0.05) is 54.6 Å². The van der Waals surface area contributed by atoms with Gasteiger partial charge in [-0.15, -0.1) is 12.4 Å². The van der Waals surface area contributed by atoms with Gasteiger partial charge in [-0.2, -0.15) is 0 Å². The van der Waals surface area contributed by atoms with Crippen molar-refractivity contribution in [2.24, 2.45) is 0 Å². The Hall–Kier alpha value is -4.25. The molecule has 1 aliphatic heterocycles. The maximum Gasteiger partial charge on any atom is 0.236 e. The molecule has 0 spiro atoms. The molecule has 3 aromatic carbocycles. The van der Waals surface area contributed by atoms with Gasteiger partial charge < -0.3 is 15.4 Å². The molecule has 2 aromatic heterocycles. The van der Waals surface area contributed by atoms with Crippen LogP contribution in [0.2, 0.25) is 0 Å². The molecule has 1 atom stereocenters. The molecule has 9 nitrogen and oxygen atoms in total. The van der Waals surface area contributed by atoms with E-state index in [1.54, 1.807) is 30.6 Å². The van der Waals surface area contributed by atoms with Crippen molar-refractivity contribution < 1.29 is 13.2 Å². The first-order valence-electron chi connectivity index (χ1n) is 14.0. The summed E-state index contributed by atoms with van der Waals surface area (Å²) in [6.45, 7) is 3.80. The number of benzene rings is 3. The van der Waals surface area contributed by atoms with Crippen LogP contribution in [0.5, 0.6) is 11.6 Å². The smallest absolute Gasteiger partial charge is 0.236 e. The van der Waals surface area contributed by atoms with Crippen LogP contribution in [0.4, 0.5) is 11.6 Å². The summed E-state index contributed by atoms with van der Waals surface area (Å²) >= 11 is 0. The minimum atomic E-state index is -3.65. The number of hydrogen-bond acceptors (Lipinski definition) is 8. The van der Waals surface area contributed by atoms with Gasteiger partial charge in [-0.25, -0.2) is 23.4 Å². The SMILES string of the molecule is Cc1cc(NS(=O)(=O)Cc2ccccc2)c2ccccc2c1Oc1ncccc1-c1ccnc(N[C@H]2CCCNC2)n1.Cl. The van der Waals surface area contributed by atoms with Crippen molar-refractivity contribution in [1.82, 2.24) is 20.3 Å². The minimum absolute atomic E-state index is 0. The summed E-state index contributed by atoms with van der Waals surface area (Å²) in [5.74, 6) is 1.43. The van der Waals surface area contributed by atoms with Crippen LogP contribution in [0.15, 0.2) is 91.3 Å². The first kappa shape index (κ1) is 30.2. The Kier molecular flexibility index (Phi) is 9.40. The predicted octanol–water partition coefficient (Wildman–Crippen LogP) is 6.32. The first-order chi connectivity index (χ1) is 20.4. The van der Waals surface area contributed by atoms with Gasteiger partial charge in [0, 0.05) is 35.8 Å². The molecular formula is C32H33ClN6O3S. The molecule has 0 saturated carbocycles. The van der Waals surface area contributed by atoms with Crippen LogP contribution in [0.1, 0.15) is 24.0 Å². The molecule has 0 amide bonds. The van der Waals surface area contributed by atoms with Gasteiger partial charge in [0.25, 0.3) is 0 Å². The number of sulfonamides is 1. The van der Waals surface area contributed by atoms with Gasteiger partial charge >= 0.3 is 0 Å². The average Bonchev–Trinajstić information content (AvgIpc) is 3.00. The molecule has 6 rings (SSSR count). The van der Waals surface area contributed by atoms with E-state index in [9.17, 15) is 8.42 Å². The van der Waals surface area contributed by atoms with Crippen LogP contribution < -0.4 is 20.1 Å². The van der Waals surface area contributed by atoms with Gasteiger partial charge in [0.1, 0.15) is 5.75 Å². The van der Waals surface area contributed by atoms with Crippen LogP contribution in [-0.2, 0) is 15.8 Å². The zero-order valence-electron chi connectivity index (χ0n) is 23.7. The third-order valence-electron chi connectivity index (χ3n) is 7.18. The molecule has 1 aliphatic rings. The maximum absolute atomic E-state index is 13.1. The van der Waals surface area contributed by atoms with Crippen molar-refractivity contribution in [1.29, 1.82) is 0 Å². The number of aromatic nitrogens is 3. The second kappa shape index (κ2) is 13.4. The van der Waals surface area contributed by atoms with Crippen molar-refractivity contribution in [2.75, 3.05) is 23.1 Å². The highest BCUT2D eigenvalue weighted by Gasteiger charge is 2.20. The molecule has 222 valence electrons. The largest absolute Gasteiger partial charge is 0.437 e. The monoisotopic (exact) mass is 616 g/mol. The number of rotatable bonds is 9. The van der Waals surface area contributed by atoms with E-state index >= 15 is 0 Å². The highest BCUT2D eigenvalue weighted by atomic mass is 35.5.